The van der Waals surface area contributed by atoms with E-state index < -0.39 is 5.76 Å². The van der Waals surface area contributed by atoms with Crippen molar-refractivity contribution in [1.82, 2.24) is 20.0 Å². The van der Waals surface area contributed by atoms with Gasteiger partial charge in [0.15, 0.2) is 0 Å². The van der Waals surface area contributed by atoms with Crippen molar-refractivity contribution in [3.05, 3.63) is 69.3 Å². The first-order valence-electron chi connectivity index (χ1n) is 5.90. The lowest BCUT2D eigenvalue weighted by molar-refractivity contribution is 0.434. The number of hydrogen-bond donors (Lipinski definition) is 1. The molecule has 0 aliphatic carbocycles. The first kappa shape index (κ1) is 12.1. The molecule has 7 heteroatoms. The minimum Gasteiger partial charge on any atom is -0.390 e. The zero-order valence-corrected chi connectivity index (χ0v) is 10.3. The molecule has 2 heterocycles. The van der Waals surface area contributed by atoms with Gasteiger partial charge in [-0.1, -0.05) is 30.3 Å². The number of hydrogen-bond acceptors (Lipinski definition) is 5. The van der Waals surface area contributed by atoms with E-state index in [4.69, 9.17) is 4.42 Å². The number of aromatic amines is 1. The fourth-order valence-electron chi connectivity index (χ4n) is 1.78. The van der Waals surface area contributed by atoms with Crippen LogP contribution in [0.4, 0.5) is 0 Å². The van der Waals surface area contributed by atoms with Crippen molar-refractivity contribution < 1.29 is 4.42 Å². The number of H-pyrrole nitrogens is 1. The average Bonchev–Trinajstić information content (AvgIpc) is 2.88. The summed E-state index contributed by atoms with van der Waals surface area (Å²) in [7, 11) is 0. The summed E-state index contributed by atoms with van der Waals surface area (Å²) in [4.78, 5) is 22.6. The van der Waals surface area contributed by atoms with Gasteiger partial charge in [0, 0.05) is 11.6 Å². The minimum atomic E-state index is -0.660. The summed E-state index contributed by atoms with van der Waals surface area (Å²) in [6.45, 7) is -0.00174. The van der Waals surface area contributed by atoms with Gasteiger partial charge in [-0.15, -0.1) is 5.10 Å². The zero-order chi connectivity index (χ0) is 13.9. The van der Waals surface area contributed by atoms with Crippen LogP contribution in [-0.2, 0) is 6.54 Å². The van der Waals surface area contributed by atoms with E-state index in [2.05, 4.69) is 15.3 Å². The molecule has 3 aromatic rings. The Kier molecular flexibility index (Phi) is 3.00. The third-order valence-corrected chi connectivity index (χ3v) is 2.70. The van der Waals surface area contributed by atoms with Crippen molar-refractivity contribution in [2.45, 2.75) is 6.54 Å². The molecule has 20 heavy (non-hydrogen) atoms. The molecule has 0 aliphatic heterocycles. The molecule has 0 bridgehead atoms. The monoisotopic (exact) mass is 270 g/mol. The molecular formula is C13H10N4O3. The smallest absolute Gasteiger partial charge is 0.390 e. The van der Waals surface area contributed by atoms with Crippen molar-refractivity contribution in [1.29, 1.82) is 0 Å². The standard InChI is InChI=1S/C13H10N4O3/c18-12-7-6-10(9-4-2-1-3-5-9)16-17(12)8-11-14-15-13(19)20-11/h1-7H,8H2,(H,15,19). The molecule has 0 aliphatic rings. The second-order valence-electron chi connectivity index (χ2n) is 4.09. The van der Waals surface area contributed by atoms with E-state index in [1.54, 1.807) is 6.07 Å². The van der Waals surface area contributed by atoms with Crippen LogP contribution in [0, 0.1) is 0 Å². The van der Waals surface area contributed by atoms with E-state index >= 15 is 0 Å². The lowest BCUT2D eigenvalue weighted by atomic mass is 10.1. The fourth-order valence-corrected chi connectivity index (χ4v) is 1.78. The Morgan fingerprint density at radius 2 is 1.90 bits per heavy atom. The number of nitrogens with one attached hydrogen (secondary N) is 1. The summed E-state index contributed by atoms with van der Waals surface area (Å²) >= 11 is 0. The fraction of sp³-hybridized carbons (Fsp3) is 0.0769. The molecule has 0 unspecified atom stereocenters. The average molecular weight is 270 g/mol. The van der Waals surface area contributed by atoms with E-state index in [0.717, 1.165) is 5.56 Å². The zero-order valence-electron chi connectivity index (χ0n) is 10.3. The van der Waals surface area contributed by atoms with Crippen LogP contribution < -0.4 is 11.3 Å². The van der Waals surface area contributed by atoms with E-state index in [-0.39, 0.29) is 18.0 Å². The third kappa shape index (κ3) is 2.41. The molecule has 7 nitrogen and oxygen atoms in total. The summed E-state index contributed by atoms with van der Waals surface area (Å²) in [5.74, 6) is -0.554. The first-order chi connectivity index (χ1) is 9.72. The highest BCUT2D eigenvalue weighted by Crippen LogP contribution is 2.14. The van der Waals surface area contributed by atoms with E-state index in [1.807, 2.05) is 30.3 Å². The Hall–Kier alpha value is -2.96. The third-order valence-electron chi connectivity index (χ3n) is 2.70. The first-order valence-corrected chi connectivity index (χ1v) is 5.90. The highest BCUT2D eigenvalue weighted by Gasteiger charge is 2.07. The van der Waals surface area contributed by atoms with Gasteiger partial charge in [0.2, 0.25) is 5.89 Å². The molecule has 1 N–H and O–H groups in total. The molecule has 2 aromatic heterocycles. The number of rotatable bonds is 3. The van der Waals surface area contributed by atoms with Crippen LogP contribution in [-0.4, -0.2) is 20.0 Å². The van der Waals surface area contributed by atoms with Crippen LogP contribution in [0.15, 0.2) is 56.5 Å². The molecule has 1 aromatic carbocycles. The normalized spacial score (nSPS) is 10.6. The summed E-state index contributed by atoms with van der Waals surface area (Å²) < 4.78 is 5.96. The summed E-state index contributed by atoms with van der Waals surface area (Å²) in [6, 6.07) is 12.5. The highest BCUT2D eigenvalue weighted by molar-refractivity contribution is 5.57. The molecule has 0 atom stereocenters. The molecule has 0 spiro atoms. The van der Waals surface area contributed by atoms with Gasteiger partial charge in [0.25, 0.3) is 5.56 Å². The van der Waals surface area contributed by atoms with Gasteiger partial charge in [-0.3, -0.25) is 4.79 Å². The lowest BCUT2D eigenvalue weighted by Gasteiger charge is -2.04. The van der Waals surface area contributed by atoms with E-state index in [0.29, 0.717) is 5.69 Å². The van der Waals surface area contributed by atoms with Crippen molar-refractivity contribution in [2.24, 2.45) is 0 Å². The summed E-state index contributed by atoms with van der Waals surface area (Å²) in [5, 5.41) is 10.0. The topological polar surface area (TPSA) is 93.8 Å². The minimum absolute atomic E-state index is 0.00174. The quantitative estimate of drug-likeness (QED) is 0.753. The maximum Gasteiger partial charge on any atom is 0.434 e. The van der Waals surface area contributed by atoms with Gasteiger partial charge in [-0.25, -0.2) is 14.6 Å². The Bertz CT molecular complexity index is 832. The molecule has 0 radical (unpaired) electrons. The van der Waals surface area contributed by atoms with Crippen LogP contribution in [0.25, 0.3) is 11.3 Å². The Balaban J connectivity index is 1.99. The van der Waals surface area contributed by atoms with E-state index in [1.165, 1.54) is 10.7 Å². The van der Waals surface area contributed by atoms with Gasteiger partial charge in [-0.05, 0) is 6.07 Å². The van der Waals surface area contributed by atoms with Gasteiger partial charge in [0.05, 0.1) is 5.69 Å². The van der Waals surface area contributed by atoms with Crippen LogP contribution in [0.2, 0.25) is 0 Å². The number of aromatic nitrogens is 4. The largest absolute Gasteiger partial charge is 0.434 e. The van der Waals surface area contributed by atoms with Crippen LogP contribution in [0.1, 0.15) is 5.89 Å². The van der Waals surface area contributed by atoms with Crippen molar-refractivity contribution in [3.8, 4) is 11.3 Å². The highest BCUT2D eigenvalue weighted by atomic mass is 16.4. The molecule has 3 rings (SSSR count). The van der Waals surface area contributed by atoms with Gasteiger partial charge in [-0.2, -0.15) is 5.10 Å². The second-order valence-corrected chi connectivity index (χ2v) is 4.09. The summed E-state index contributed by atoms with van der Waals surface area (Å²) in [5.41, 5.74) is 1.25. The molecule has 0 saturated carbocycles. The van der Waals surface area contributed by atoms with E-state index in [9.17, 15) is 9.59 Å². The summed E-state index contributed by atoms with van der Waals surface area (Å²) in [6.07, 6.45) is 0. The van der Waals surface area contributed by atoms with Crippen LogP contribution >= 0.6 is 0 Å². The Morgan fingerprint density at radius 1 is 1.10 bits per heavy atom. The predicted octanol–water partition coefficient (Wildman–Crippen LogP) is 0.635. The predicted molar refractivity (Wildman–Crippen MR) is 70.2 cm³/mol. The maximum absolute atomic E-state index is 11.8. The molecular weight excluding hydrogens is 260 g/mol. The molecule has 0 fully saturated rings. The molecule has 0 saturated heterocycles. The number of benzene rings is 1. The van der Waals surface area contributed by atoms with Crippen LogP contribution in [0.5, 0.6) is 0 Å². The van der Waals surface area contributed by atoms with Gasteiger partial charge in [0.1, 0.15) is 6.54 Å². The Morgan fingerprint density at radius 3 is 2.60 bits per heavy atom. The van der Waals surface area contributed by atoms with Gasteiger partial charge < -0.3 is 4.42 Å². The maximum atomic E-state index is 11.8. The molecule has 0 amide bonds. The van der Waals surface area contributed by atoms with Crippen molar-refractivity contribution in [2.75, 3.05) is 0 Å². The van der Waals surface area contributed by atoms with Gasteiger partial charge >= 0.3 is 5.76 Å². The van der Waals surface area contributed by atoms with Crippen LogP contribution in [0.3, 0.4) is 0 Å². The second kappa shape index (κ2) is 4.96. The SMILES string of the molecule is O=c1[nH]nc(Cn2nc(-c3ccccc3)ccc2=O)o1. The Labute approximate surface area is 112 Å². The lowest BCUT2D eigenvalue weighted by Crippen LogP contribution is -2.23. The van der Waals surface area contributed by atoms with Crippen molar-refractivity contribution in [3.63, 3.8) is 0 Å². The van der Waals surface area contributed by atoms with Crippen molar-refractivity contribution >= 4 is 0 Å². The molecule has 100 valence electrons. The number of nitrogens with zero attached hydrogens (tertiary/aromatic N) is 3.